The van der Waals surface area contributed by atoms with Crippen LogP contribution in [0.1, 0.15) is 52.9 Å². The summed E-state index contributed by atoms with van der Waals surface area (Å²) in [5.41, 5.74) is 1.30. The molecular weight excluding hydrogens is 344 g/mol. The Morgan fingerprint density at radius 2 is 2.15 bits per heavy atom. The van der Waals surface area contributed by atoms with Crippen LogP contribution in [0, 0.1) is 29.6 Å². The van der Waals surface area contributed by atoms with Gasteiger partial charge in [0.15, 0.2) is 0 Å². The number of hydrogen-bond acceptors (Lipinski definition) is 4. The summed E-state index contributed by atoms with van der Waals surface area (Å²) < 4.78 is 5.24. The second kappa shape index (κ2) is 10.4. The highest BCUT2D eigenvalue weighted by atomic mass is 16.5. The summed E-state index contributed by atoms with van der Waals surface area (Å²) in [5.74, 6) is 0.284. The molecule has 0 aliphatic heterocycles. The van der Waals surface area contributed by atoms with Gasteiger partial charge in [-0.1, -0.05) is 57.4 Å². The quantitative estimate of drug-likeness (QED) is 0.478. The fraction of sp³-hybridized carbons (Fsp3) is 0.773. The van der Waals surface area contributed by atoms with E-state index in [4.69, 9.17) is 9.84 Å². The van der Waals surface area contributed by atoms with Gasteiger partial charge in [0.25, 0.3) is 0 Å². The van der Waals surface area contributed by atoms with E-state index in [-0.39, 0.29) is 30.5 Å². The molecule has 2 rings (SSSR count). The molecule has 1 fully saturated rings. The molecule has 0 aromatic carbocycles. The number of ether oxygens (including phenoxy) is 1. The lowest BCUT2D eigenvalue weighted by atomic mass is 9.87. The highest BCUT2D eigenvalue weighted by molar-refractivity contribution is 5.67. The second-order valence-corrected chi connectivity index (χ2v) is 8.46. The number of rotatable bonds is 11. The molecule has 5 nitrogen and oxygen atoms in total. The molecule has 0 spiro atoms. The van der Waals surface area contributed by atoms with E-state index >= 15 is 0 Å². The summed E-state index contributed by atoms with van der Waals surface area (Å²) in [6.07, 6.45) is 10.3. The van der Waals surface area contributed by atoms with Crippen LogP contribution in [0.15, 0.2) is 23.8 Å². The van der Waals surface area contributed by atoms with Gasteiger partial charge < -0.3 is 20.1 Å². The molecule has 0 radical (unpaired) electrons. The Hall–Kier alpha value is -1.17. The number of allylic oxidation sites excluding steroid dienone is 1. The summed E-state index contributed by atoms with van der Waals surface area (Å²) in [5, 5.41) is 29.5. The van der Waals surface area contributed by atoms with E-state index in [0.717, 1.165) is 32.1 Å². The largest absolute Gasteiger partial charge is 0.480 e. The highest BCUT2D eigenvalue weighted by Crippen LogP contribution is 2.48. The van der Waals surface area contributed by atoms with Gasteiger partial charge in [-0.3, -0.25) is 0 Å². The Morgan fingerprint density at radius 3 is 2.81 bits per heavy atom. The Bertz CT molecular complexity index is 541. The van der Waals surface area contributed by atoms with Crippen molar-refractivity contribution in [2.45, 2.75) is 65.1 Å². The molecule has 5 heteroatoms. The van der Waals surface area contributed by atoms with Crippen LogP contribution in [0.5, 0.6) is 0 Å². The number of fused-ring (bicyclic) bond motifs is 1. The molecule has 5 unspecified atom stereocenters. The van der Waals surface area contributed by atoms with Gasteiger partial charge in [-0.25, -0.2) is 4.79 Å². The lowest BCUT2D eigenvalue weighted by Gasteiger charge is -2.21. The first kappa shape index (κ1) is 22.1. The Labute approximate surface area is 163 Å². The summed E-state index contributed by atoms with van der Waals surface area (Å²) in [7, 11) is 0. The van der Waals surface area contributed by atoms with Crippen LogP contribution in [-0.2, 0) is 9.53 Å². The molecule has 2 aliphatic carbocycles. The maximum Gasteiger partial charge on any atom is 0.329 e. The van der Waals surface area contributed by atoms with Crippen LogP contribution in [0.2, 0.25) is 0 Å². The molecule has 0 bridgehead atoms. The summed E-state index contributed by atoms with van der Waals surface area (Å²) >= 11 is 0. The molecule has 2 aliphatic rings. The van der Waals surface area contributed by atoms with Crippen LogP contribution in [-0.4, -0.2) is 46.7 Å². The maximum absolute atomic E-state index is 10.6. The average Bonchev–Trinajstić information content (AvgIpc) is 3.14. The van der Waals surface area contributed by atoms with E-state index in [1.54, 1.807) is 0 Å². The van der Waals surface area contributed by atoms with Crippen LogP contribution in [0.3, 0.4) is 0 Å². The number of aliphatic carboxylic acids is 1. The zero-order chi connectivity index (χ0) is 20.0. The number of carbonyl (C=O) groups is 1. The van der Waals surface area contributed by atoms with Gasteiger partial charge in [0, 0.05) is 11.8 Å². The standard InChI is InChI=1S/C22H36O5/c1-4-5-6-14(2)20(23)8-7-18-19-10-16(9-17(19)11-21(18)24)15(3)12-27-13-22(25)26/h7-9,14-15,17-21,23-24H,4-6,10-13H2,1-3H3,(H,25,26)/b8-7+/t14?,15?,17?,18-,19?,20?,21-/m1/s1. The molecule has 3 N–H and O–H groups in total. The first-order valence-electron chi connectivity index (χ1n) is 10.4. The Kier molecular flexibility index (Phi) is 8.52. The molecule has 0 aromatic heterocycles. The first-order chi connectivity index (χ1) is 12.8. The minimum atomic E-state index is -0.945. The third-order valence-electron chi connectivity index (χ3n) is 6.25. The van der Waals surface area contributed by atoms with Crippen molar-refractivity contribution < 1.29 is 24.9 Å². The minimum Gasteiger partial charge on any atom is -0.480 e. The average molecular weight is 381 g/mol. The van der Waals surface area contributed by atoms with E-state index in [9.17, 15) is 15.0 Å². The fourth-order valence-electron chi connectivity index (χ4n) is 4.47. The fourth-order valence-corrected chi connectivity index (χ4v) is 4.47. The summed E-state index contributed by atoms with van der Waals surface area (Å²) in [6.45, 7) is 6.45. The van der Waals surface area contributed by atoms with E-state index in [2.05, 4.69) is 26.8 Å². The number of unbranched alkanes of at least 4 members (excludes halogenated alkanes) is 1. The molecule has 1 saturated carbocycles. The van der Waals surface area contributed by atoms with Crippen molar-refractivity contribution in [1.29, 1.82) is 0 Å². The molecule has 0 saturated heterocycles. The first-order valence-corrected chi connectivity index (χ1v) is 10.4. The van der Waals surface area contributed by atoms with Gasteiger partial charge in [0.2, 0.25) is 0 Å². The van der Waals surface area contributed by atoms with Crippen LogP contribution >= 0.6 is 0 Å². The Morgan fingerprint density at radius 1 is 1.41 bits per heavy atom. The van der Waals surface area contributed by atoms with Crippen LogP contribution in [0.4, 0.5) is 0 Å². The van der Waals surface area contributed by atoms with Crippen molar-refractivity contribution >= 4 is 5.97 Å². The molecule has 7 atom stereocenters. The van der Waals surface area contributed by atoms with Crippen molar-refractivity contribution in [1.82, 2.24) is 0 Å². The summed E-state index contributed by atoms with van der Waals surface area (Å²) in [6, 6.07) is 0. The molecule has 0 heterocycles. The number of carboxylic acids is 1. The normalized spacial score (nSPS) is 30.9. The number of aliphatic hydroxyl groups excluding tert-OH is 2. The highest BCUT2D eigenvalue weighted by Gasteiger charge is 2.44. The molecule has 0 amide bonds. The predicted octanol–water partition coefficient (Wildman–Crippen LogP) is 3.41. The van der Waals surface area contributed by atoms with Gasteiger partial charge in [-0.2, -0.15) is 0 Å². The second-order valence-electron chi connectivity index (χ2n) is 8.46. The van der Waals surface area contributed by atoms with E-state index < -0.39 is 12.1 Å². The molecular formula is C22H36O5. The third-order valence-corrected chi connectivity index (χ3v) is 6.25. The SMILES string of the molecule is CCCCC(C)C(O)/C=C/[C@@H]1C2CC(C(C)COCC(=O)O)=CC2C[C@H]1O. The van der Waals surface area contributed by atoms with Gasteiger partial charge in [-0.05, 0) is 37.0 Å². The van der Waals surface area contributed by atoms with Crippen molar-refractivity contribution in [3.8, 4) is 0 Å². The lowest BCUT2D eigenvalue weighted by molar-refractivity contribution is -0.142. The van der Waals surface area contributed by atoms with Gasteiger partial charge in [0.1, 0.15) is 6.61 Å². The van der Waals surface area contributed by atoms with Crippen molar-refractivity contribution in [3.05, 3.63) is 23.8 Å². The zero-order valence-corrected chi connectivity index (χ0v) is 16.9. The van der Waals surface area contributed by atoms with Gasteiger partial charge >= 0.3 is 5.97 Å². The zero-order valence-electron chi connectivity index (χ0n) is 16.9. The predicted molar refractivity (Wildman–Crippen MR) is 105 cm³/mol. The van der Waals surface area contributed by atoms with E-state index in [1.807, 2.05) is 12.2 Å². The van der Waals surface area contributed by atoms with Crippen molar-refractivity contribution in [2.24, 2.45) is 29.6 Å². The lowest BCUT2D eigenvalue weighted by Crippen LogP contribution is -2.20. The smallest absolute Gasteiger partial charge is 0.329 e. The monoisotopic (exact) mass is 380 g/mol. The number of hydrogen-bond donors (Lipinski definition) is 3. The van der Waals surface area contributed by atoms with Crippen molar-refractivity contribution in [3.63, 3.8) is 0 Å². The van der Waals surface area contributed by atoms with E-state index in [0.29, 0.717) is 18.4 Å². The Balaban J connectivity index is 1.89. The van der Waals surface area contributed by atoms with Crippen molar-refractivity contribution in [2.75, 3.05) is 13.2 Å². The number of carboxylic acid groups (broad SMARTS) is 1. The van der Waals surface area contributed by atoms with Gasteiger partial charge in [0.05, 0.1) is 18.8 Å². The van der Waals surface area contributed by atoms with E-state index in [1.165, 1.54) is 5.57 Å². The molecule has 27 heavy (non-hydrogen) atoms. The van der Waals surface area contributed by atoms with Crippen LogP contribution in [0.25, 0.3) is 0 Å². The summed E-state index contributed by atoms with van der Waals surface area (Å²) in [4.78, 5) is 10.6. The molecule has 154 valence electrons. The van der Waals surface area contributed by atoms with Gasteiger partial charge in [-0.15, -0.1) is 0 Å². The minimum absolute atomic E-state index is 0.0731. The molecule has 0 aromatic rings. The number of aliphatic hydroxyl groups is 2. The van der Waals surface area contributed by atoms with Crippen LogP contribution < -0.4 is 0 Å². The topological polar surface area (TPSA) is 87.0 Å². The third kappa shape index (κ3) is 6.16. The maximum atomic E-state index is 10.6.